The number of carbonyl (C=O) groups excluding carboxylic acids is 4. The number of piperazine rings is 2. The van der Waals surface area contributed by atoms with Gasteiger partial charge in [0, 0.05) is 110 Å². The molecule has 2 atom stereocenters. The van der Waals surface area contributed by atoms with Gasteiger partial charge in [-0.2, -0.15) is 0 Å². The van der Waals surface area contributed by atoms with Crippen LogP contribution < -0.4 is 40.1 Å². The maximum absolute atomic E-state index is 15.2. The third kappa shape index (κ3) is 19.4. The molecule has 4 amide bonds. The van der Waals surface area contributed by atoms with E-state index in [1.165, 1.54) is 50.1 Å². The first-order valence-corrected chi connectivity index (χ1v) is 32.9. The monoisotopic (exact) mass is 1320 g/mol. The topological polar surface area (TPSA) is 188 Å². The van der Waals surface area contributed by atoms with Gasteiger partial charge in [-0.25, -0.2) is 18.4 Å². The second-order valence-corrected chi connectivity index (χ2v) is 25.6. The van der Waals surface area contributed by atoms with Gasteiger partial charge >= 0.3 is 12.2 Å². The summed E-state index contributed by atoms with van der Waals surface area (Å²) in [6.45, 7) is 15.8. The molecule has 12 rings (SSSR count). The summed E-state index contributed by atoms with van der Waals surface area (Å²) in [4.78, 5) is 65.7. The molecule has 8 aliphatic rings. The van der Waals surface area contributed by atoms with Gasteiger partial charge in [-0.1, -0.05) is 55.6 Å². The van der Waals surface area contributed by atoms with E-state index in [0.29, 0.717) is 112 Å². The first-order chi connectivity index (χ1) is 43.3. The minimum atomic E-state index is -0.522. The SMILES string of the molecule is CCSC(=S)C1CC1.Cl.NC[C@H]1CN(c2ccc(N3CCN(C(=O)COc4ccc(CN5CCOCC5)cc4)CC3)c(F)c2)C(=O)O1.O=C(COc1ccc(CN2CCOCC2)cc1)N1CCN(c2ccc(N3C[C@H](CNC(=S)C4CC4)OC3=O)cc2F)CC1. The predicted octanol–water partition coefficient (Wildman–Crippen LogP) is 7.61. The zero-order valence-electron chi connectivity index (χ0n) is 51.0. The number of hydrogen-bond acceptors (Lipinski definition) is 18. The first-order valence-electron chi connectivity index (χ1n) is 31.1. The zero-order chi connectivity index (χ0) is 62.2. The molecule has 0 aromatic heterocycles. The highest BCUT2D eigenvalue weighted by molar-refractivity contribution is 8.23. The van der Waals surface area contributed by atoms with Crippen LogP contribution >= 0.6 is 48.6 Å². The molecule has 488 valence electrons. The van der Waals surface area contributed by atoms with Crippen molar-refractivity contribution in [3.8, 4) is 11.5 Å². The molecular weight excluding hydrogens is 1240 g/mol. The fraction of sp³-hybridized carbons (Fsp3) is 0.531. The van der Waals surface area contributed by atoms with E-state index in [1.54, 1.807) is 34.1 Å². The van der Waals surface area contributed by atoms with E-state index in [4.69, 9.17) is 58.6 Å². The second-order valence-electron chi connectivity index (χ2n) is 23.2. The number of nitrogens with zero attached hydrogens (tertiary/aromatic N) is 8. The molecule has 0 spiro atoms. The van der Waals surface area contributed by atoms with Gasteiger partial charge in [0.1, 0.15) is 35.3 Å². The van der Waals surface area contributed by atoms with Gasteiger partial charge in [0.15, 0.2) is 13.2 Å². The zero-order valence-corrected chi connectivity index (χ0v) is 54.3. The van der Waals surface area contributed by atoms with E-state index in [-0.39, 0.29) is 56.2 Å². The highest BCUT2D eigenvalue weighted by Crippen LogP contribution is 2.35. The van der Waals surface area contributed by atoms with Crippen molar-refractivity contribution in [2.24, 2.45) is 17.6 Å². The van der Waals surface area contributed by atoms with Crippen molar-refractivity contribution in [2.45, 2.75) is 57.9 Å². The molecule has 4 aromatic rings. The summed E-state index contributed by atoms with van der Waals surface area (Å²) in [5, 5.41) is 3.19. The van der Waals surface area contributed by atoms with Crippen LogP contribution in [0.5, 0.6) is 11.5 Å². The molecule has 26 heteroatoms. The molecule has 8 fully saturated rings. The molecule has 2 aliphatic carbocycles. The van der Waals surface area contributed by atoms with E-state index in [0.717, 1.165) is 95.2 Å². The van der Waals surface area contributed by atoms with Crippen molar-refractivity contribution in [3.63, 3.8) is 0 Å². The smallest absolute Gasteiger partial charge is 0.414 e. The lowest BCUT2D eigenvalue weighted by molar-refractivity contribution is -0.134. The van der Waals surface area contributed by atoms with Gasteiger partial charge in [-0.15, -0.1) is 24.2 Å². The molecule has 2 saturated carbocycles. The molecule has 6 saturated heterocycles. The van der Waals surface area contributed by atoms with Crippen molar-refractivity contribution < 1.29 is 56.4 Å². The lowest BCUT2D eigenvalue weighted by atomic mass is 10.2. The van der Waals surface area contributed by atoms with Crippen LogP contribution in [0.3, 0.4) is 0 Å². The second kappa shape index (κ2) is 33.4. The van der Waals surface area contributed by atoms with Crippen LogP contribution in [0.2, 0.25) is 0 Å². The Kier molecular flexibility index (Phi) is 25.3. The van der Waals surface area contributed by atoms with E-state index < -0.39 is 23.8 Å². The molecule has 20 nitrogen and oxygen atoms in total. The molecule has 0 unspecified atom stereocenters. The Hall–Kier alpha value is -6.16. The quantitative estimate of drug-likeness (QED) is 0.0823. The number of halogens is 3. The van der Waals surface area contributed by atoms with Crippen LogP contribution in [-0.4, -0.2) is 215 Å². The Morgan fingerprint density at radius 1 is 0.600 bits per heavy atom. The lowest BCUT2D eigenvalue weighted by Crippen LogP contribution is -2.50. The number of morpholine rings is 2. The number of benzene rings is 4. The number of thiocarbonyl (C=S) groups is 2. The van der Waals surface area contributed by atoms with Crippen LogP contribution in [0.25, 0.3) is 0 Å². The average Bonchev–Trinajstić information content (AvgIpc) is 2.21. The van der Waals surface area contributed by atoms with E-state index in [1.807, 2.05) is 70.1 Å². The third-order valence-electron chi connectivity index (χ3n) is 16.7. The van der Waals surface area contributed by atoms with E-state index in [9.17, 15) is 23.6 Å². The minimum Gasteiger partial charge on any atom is -0.484 e. The van der Waals surface area contributed by atoms with Crippen molar-refractivity contribution in [1.82, 2.24) is 24.9 Å². The van der Waals surface area contributed by atoms with Crippen LogP contribution in [0.1, 0.15) is 43.7 Å². The maximum Gasteiger partial charge on any atom is 0.414 e. The number of cyclic esters (lactones) is 2. The number of hydrogen-bond donors (Lipinski definition) is 2. The summed E-state index contributed by atoms with van der Waals surface area (Å²) in [6, 6.07) is 25.2. The minimum absolute atomic E-state index is 0. The standard InChI is InChI=1S/C31H38FN5O5S.C27H34FN5O5.C6H10S2.ClH/c32-27-17-24(37-20-26(42-31(37)39)18-33-30(43)23-3-4-23)5-8-28(27)35-9-11-36(12-10-35)29(38)21-41-25-6-1-22(2-7-25)19-34-13-15-40-16-14-34;28-24-15-21(33-18-23(16-29)38-27(33)35)3-6-25(24)31-7-9-32(10-8-31)26(34)19-37-22-4-1-20(2-5-22)17-30-11-13-36-14-12-30;1-2-8-6(7)5-3-4-5;/h1-2,5-8,17,23,26H,3-4,9-16,18-21H2,(H,33,43);1-6,15,23H,7-14,16-19,29H2;5H,2-4H2,1H3;1H/t26-;23-;;/m00../s1. The Morgan fingerprint density at radius 2 is 1.02 bits per heavy atom. The molecule has 6 aliphatic heterocycles. The number of ether oxygens (including phenoxy) is 6. The molecular formula is C64H83ClF2N10O10S3. The number of nitrogens with one attached hydrogen (secondary N) is 1. The summed E-state index contributed by atoms with van der Waals surface area (Å²) < 4.78 is 64.3. The number of rotatable bonds is 20. The third-order valence-corrected chi connectivity index (χ3v) is 18.8. The molecule has 4 aromatic carbocycles. The largest absolute Gasteiger partial charge is 0.484 e. The highest BCUT2D eigenvalue weighted by atomic mass is 35.5. The van der Waals surface area contributed by atoms with Crippen LogP contribution in [0, 0.1) is 23.5 Å². The van der Waals surface area contributed by atoms with Crippen molar-refractivity contribution in [3.05, 3.63) is 108 Å². The predicted molar refractivity (Wildman–Crippen MR) is 355 cm³/mol. The van der Waals surface area contributed by atoms with Gasteiger partial charge in [0.2, 0.25) is 0 Å². The van der Waals surface area contributed by atoms with Crippen LogP contribution in [-0.2, 0) is 41.6 Å². The fourth-order valence-corrected chi connectivity index (χ4v) is 12.8. The molecule has 0 radical (unpaired) electrons. The summed E-state index contributed by atoms with van der Waals surface area (Å²) in [6.07, 6.45) is 3.18. The fourth-order valence-electron chi connectivity index (χ4n) is 11.1. The van der Waals surface area contributed by atoms with Crippen LogP contribution in [0.4, 0.5) is 41.1 Å². The molecule has 90 heavy (non-hydrogen) atoms. The Labute approximate surface area is 547 Å². The highest BCUT2D eigenvalue weighted by Gasteiger charge is 2.36. The molecule has 0 bridgehead atoms. The summed E-state index contributed by atoms with van der Waals surface area (Å²) in [5.74, 6) is 2.70. The number of anilines is 4. The molecule has 6 heterocycles. The number of nitrogens with two attached hydrogens (primary N) is 1. The number of carbonyl (C=O) groups is 4. The normalized spacial score (nSPS) is 20.4. The van der Waals surface area contributed by atoms with Gasteiger partial charge in [0.05, 0.1) is 78.0 Å². The first kappa shape index (κ1) is 68.2. The van der Waals surface area contributed by atoms with Gasteiger partial charge in [-0.05, 0) is 103 Å². The van der Waals surface area contributed by atoms with Crippen molar-refractivity contribution in [2.75, 3.05) is 170 Å². The summed E-state index contributed by atoms with van der Waals surface area (Å²) in [5.41, 5.74) is 9.76. The van der Waals surface area contributed by atoms with E-state index >= 15 is 4.39 Å². The summed E-state index contributed by atoms with van der Waals surface area (Å²) in [7, 11) is 0. The van der Waals surface area contributed by atoms with Gasteiger partial charge in [-0.3, -0.25) is 29.2 Å². The lowest BCUT2D eigenvalue weighted by Gasteiger charge is -2.36. The van der Waals surface area contributed by atoms with E-state index in [2.05, 4.69) is 22.0 Å². The Bertz CT molecular complexity index is 3060. The molecule has 3 N–H and O–H groups in total. The summed E-state index contributed by atoms with van der Waals surface area (Å²) >= 11 is 12.3. The van der Waals surface area contributed by atoms with Crippen molar-refractivity contribution >= 4 is 105 Å². The van der Waals surface area contributed by atoms with Crippen molar-refractivity contribution in [1.29, 1.82) is 0 Å². The maximum atomic E-state index is 15.2. The Balaban J connectivity index is 0.000000189. The Morgan fingerprint density at radius 3 is 1.41 bits per heavy atom. The average molecular weight is 1320 g/mol. The van der Waals surface area contributed by atoms with Gasteiger partial charge in [0.25, 0.3) is 11.8 Å². The van der Waals surface area contributed by atoms with Crippen LogP contribution in [0.15, 0.2) is 84.9 Å². The number of thioether (sulfide) groups is 1. The van der Waals surface area contributed by atoms with Gasteiger partial charge < -0.3 is 59.1 Å². The number of amides is 4.